The van der Waals surface area contributed by atoms with Crippen molar-refractivity contribution in [2.45, 2.75) is 246 Å². The van der Waals surface area contributed by atoms with Crippen LogP contribution in [0.25, 0.3) is 0 Å². The van der Waals surface area contributed by atoms with Crippen molar-refractivity contribution in [3.8, 4) is 6.07 Å². The zero-order valence-electron chi connectivity index (χ0n) is 87.0. The lowest BCUT2D eigenvalue weighted by Crippen LogP contribution is -2.40. The van der Waals surface area contributed by atoms with E-state index in [1.54, 1.807) is 97.9 Å². The summed E-state index contributed by atoms with van der Waals surface area (Å²) in [5, 5.41) is 27.1. The molecule has 0 radical (unpaired) electrons. The first-order valence-corrected chi connectivity index (χ1v) is 42.5. The summed E-state index contributed by atoms with van der Waals surface area (Å²) in [7, 11) is -15.2. The number of nitriles is 1. The molecular weight excluding hydrogens is 1680 g/mol. The molecule has 21 atom stereocenters. The van der Waals surface area contributed by atoms with Gasteiger partial charge in [-0.2, -0.15) is 25.2 Å². The first-order chi connectivity index (χ1) is 66.7. The van der Waals surface area contributed by atoms with Crippen molar-refractivity contribution >= 4 is 49.5 Å². The fourth-order valence-corrected chi connectivity index (χ4v) is 16.8. The third kappa shape index (κ3) is 25.5. The standard InChI is InChI=1S/C27H38N5O6P.C19H23N3O4.C18H21N3O5.C12H19N3O3.C12H18N2O4.CH4/c1-7-21-23(38-39(36-17-11-15-28)32(18(2)3)19(4)5)24(35-6)26(37-21)31-16-14-22(30-27(31)34)29-25(33)20-12-9-8-10-13-20;1-4-14-12(2)16(25-3)18(26-14)22-11-10-15(21-19(22)24)20-17(23)13-8-6-5-7-9-13;1-3-12-14(22)15(25-2)17(26-12)21-10-9-13(20-18(21)24)19-16(23)11-7-5-4-6-8-11;1-4-8-7(2)10(17-3)11(18-8)15-6-5-9(13)14-12(15)16;1-4-8-7(2)10(17-3)11(18-8)14-6-5-9(15)13-12(14)16;/h8-10,12-14,16,18-19,21,23-24,26H,7,11,17H2,1-6H3,(H,29,30,33,34);5-12,14,16,18H,4H2,1-3H3,(H,20,21,23,24);4-10,12,14-15,17,22H,3H2,1-2H3,(H,19,20,23,24);5-8,10-11H,4H2,1-3H3,(H2,13,14,16);5-8,10-11H,4H2,1-3H3,(H,13,15,16);1H4/t21-,23-,24-,26-,39?;12-,14-,16-,18-;12-,14-,15-,17-;2*7-,8-,10-,11-;/m11111./s1/i6D3;3D3;2D3;2*3D3;. The summed E-state index contributed by atoms with van der Waals surface area (Å²) < 4.78 is 187. The van der Waals surface area contributed by atoms with Crippen molar-refractivity contribution in [3.05, 3.63) is 232 Å². The topological polar surface area (TPSA) is 466 Å². The largest absolute Gasteiger partial charge is 0.388 e. The van der Waals surface area contributed by atoms with Gasteiger partial charge in [0.1, 0.15) is 66.0 Å². The molecule has 10 heterocycles. The highest BCUT2D eigenvalue weighted by molar-refractivity contribution is 7.44. The minimum atomic E-state index is -2.84. The van der Waals surface area contributed by atoms with Gasteiger partial charge in [0.05, 0.1) is 70.2 Å². The number of nitrogens with two attached hydrogens (primary N) is 1. The Balaban J connectivity index is 0.000000223. The average Bonchev–Trinajstić information content (AvgIpc) is 1.65. The molecule has 38 nitrogen and oxygen atoms in total. The lowest BCUT2D eigenvalue weighted by atomic mass is 9.98. The third-order valence-corrected chi connectivity index (χ3v) is 23.8. The van der Waals surface area contributed by atoms with Crippen molar-refractivity contribution in [1.82, 2.24) is 52.4 Å². The third-order valence-electron chi connectivity index (χ3n) is 21.7. The van der Waals surface area contributed by atoms with Crippen LogP contribution in [0.2, 0.25) is 0 Å². The SMILES string of the molecule is C.[2H]C([2H])([2H])O[C@@H]1[C@H](C)[C@@H](CC)O[C@H]1n1ccc(=O)[nH]c1=O.[2H]C([2H])([2H])O[C@@H]1[C@H](C)[C@@H](CC)O[C@H]1n1ccc(N)nc1=O.[2H]C([2H])([2H])O[C@@H]1[C@H](C)[C@@H](CC)O[C@H]1n1ccc(NC(=O)c2ccccc2)nc1=O.[2H]C([2H])([2H])O[C@@H]1[C@H](O)[C@@H](CC)O[C@H]1n1ccc(NC(=O)c2ccccc2)nc1=O.[2H]C([2H])([2H])O[C@@H]1[C@H](OP(OCCC#N)N(C(C)C)C(C)C)[C@@H](CC)O[C@H]1n1ccc(NC(=O)c2ccccc2)nc1=O. The van der Waals surface area contributed by atoms with Gasteiger partial charge in [-0.3, -0.25) is 47.0 Å². The molecule has 1 unspecified atom stereocenters. The zero-order chi connectivity index (χ0) is 105. The number of nitrogens with one attached hydrogen (secondary N) is 4. The number of aliphatic hydroxyl groups is 1. The van der Waals surface area contributed by atoms with E-state index in [1.807, 2.05) is 80.8 Å². The molecule has 8 aromatic rings. The maximum Gasteiger partial charge on any atom is 0.351 e. The summed E-state index contributed by atoms with van der Waals surface area (Å²) in [5.41, 5.74) is 2.66. The second-order valence-corrected chi connectivity index (χ2v) is 31.9. The highest BCUT2D eigenvalue weighted by atomic mass is 31.2. The Hall–Kier alpha value is -10.6. The number of rotatable bonds is 29. The van der Waals surface area contributed by atoms with Gasteiger partial charge in [0.2, 0.25) is 0 Å². The summed E-state index contributed by atoms with van der Waals surface area (Å²) in [4.78, 5) is 128. The molecule has 7 N–H and O–H groups in total. The summed E-state index contributed by atoms with van der Waals surface area (Å²) >= 11 is 0. The number of H-pyrrole nitrogens is 1. The lowest BCUT2D eigenvalue weighted by Gasteiger charge is -2.38. The minimum absolute atomic E-state index is 0. The summed E-state index contributed by atoms with van der Waals surface area (Å²) in [6.07, 6.45) is -4.31. The molecule has 13 rings (SSSR count). The van der Waals surface area contributed by atoms with Crippen LogP contribution in [0.3, 0.4) is 0 Å². The smallest absolute Gasteiger partial charge is 0.351 e. The maximum absolute atomic E-state index is 13.2. The number of carbonyl (C=O) groups excluding carboxylic acids is 3. The summed E-state index contributed by atoms with van der Waals surface area (Å²) in [5.74, 6) is -1.61. The molecule has 0 spiro atoms. The van der Waals surface area contributed by atoms with E-state index in [2.05, 4.69) is 46.9 Å². The molecule has 0 saturated carbocycles. The molecule has 128 heavy (non-hydrogen) atoms. The number of nitrogen functional groups attached to an aromatic ring is 1. The average molecular weight is 1820 g/mol. The number of amides is 3. The highest BCUT2D eigenvalue weighted by Crippen LogP contribution is 2.51. The van der Waals surface area contributed by atoms with Crippen LogP contribution in [-0.4, -0.2) is 202 Å². The molecule has 5 aliphatic heterocycles. The van der Waals surface area contributed by atoms with Gasteiger partial charge in [0.25, 0.3) is 31.8 Å². The van der Waals surface area contributed by atoms with E-state index in [1.165, 1.54) is 70.5 Å². The predicted molar refractivity (Wildman–Crippen MR) is 478 cm³/mol. The van der Waals surface area contributed by atoms with Crippen LogP contribution in [0.15, 0.2) is 181 Å². The van der Waals surface area contributed by atoms with Crippen LogP contribution in [0.5, 0.6) is 0 Å². The molecule has 5 fully saturated rings. The zero-order valence-corrected chi connectivity index (χ0v) is 72.9. The normalized spacial score (nSPS) is 28.0. The number of aromatic nitrogens is 10. The minimum Gasteiger partial charge on any atom is -0.388 e. The van der Waals surface area contributed by atoms with Crippen molar-refractivity contribution in [2.75, 3.05) is 63.5 Å². The Morgan fingerprint density at radius 3 is 1.16 bits per heavy atom. The van der Waals surface area contributed by atoms with Crippen LogP contribution in [-0.2, 0) is 56.4 Å². The van der Waals surface area contributed by atoms with Crippen molar-refractivity contribution in [3.63, 3.8) is 0 Å². The lowest BCUT2D eigenvalue weighted by molar-refractivity contribution is -0.0541. The fraction of sp³-hybridized carbons (Fsp3) is 0.528. The summed E-state index contributed by atoms with van der Waals surface area (Å²) in [6.45, 7) is 22.9. The first-order valence-electron chi connectivity index (χ1n) is 48.8. The van der Waals surface area contributed by atoms with E-state index in [-0.39, 0.29) is 91.9 Å². The Morgan fingerprint density at radius 1 is 0.484 bits per heavy atom. The van der Waals surface area contributed by atoms with Gasteiger partial charge in [-0.25, -0.2) is 28.6 Å². The number of carbonyl (C=O) groups is 3. The van der Waals surface area contributed by atoms with Crippen LogP contribution in [0.4, 0.5) is 23.3 Å². The predicted octanol–water partition coefficient (Wildman–Crippen LogP) is 10.0. The van der Waals surface area contributed by atoms with Gasteiger partial charge in [-0.1, -0.05) is 117 Å². The highest BCUT2D eigenvalue weighted by Gasteiger charge is 2.51. The number of aromatic amines is 1. The van der Waals surface area contributed by atoms with Gasteiger partial charge in [0, 0.05) is 119 Å². The van der Waals surface area contributed by atoms with Crippen molar-refractivity contribution < 1.29 is 96.5 Å². The molecule has 0 aliphatic carbocycles. The molecule has 696 valence electrons. The van der Waals surface area contributed by atoms with Crippen LogP contribution < -0.4 is 55.7 Å². The van der Waals surface area contributed by atoms with Crippen LogP contribution in [0.1, 0.15) is 212 Å². The van der Waals surface area contributed by atoms with Gasteiger partial charge in [-0.15, -0.1) is 0 Å². The number of anilines is 4. The van der Waals surface area contributed by atoms with E-state index in [0.29, 0.717) is 48.8 Å². The maximum atomic E-state index is 13.2. The Bertz CT molecular complexity index is 5730. The first kappa shape index (κ1) is 81.9. The number of aliphatic hydroxyl groups excluding tert-OH is 1. The van der Waals surface area contributed by atoms with Crippen molar-refractivity contribution in [1.29, 1.82) is 5.26 Å². The van der Waals surface area contributed by atoms with E-state index < -0.39 is 182 Å². The van der Waals surface area contributed by atoms with Gasteiger partial charge in [0.15, 0.2) is 31.1 Å². The molecule has 3 amide bonds. The van der Waals surface area contributed by atoms with E-state index in [4.69, 9.17) is 88.0 Å². The number of hydrogen-bond donors (Lipinski definition) is 6. The van der Waals surface area contributed by atoms with Gasteiger partial charge >= 0.3 is 28.4 Å². The molecule has 0 bridgehead atoms. The second-order valence-electron chi connectivity index (χ2n) is 30.5. The van der Waals surface area contributed by atoms with Crippen molar-refractivity contribution in [2.24, 2.45) is 17.8 Å². The molecule has 5 aliphatic rings. The quantitative estimate of drug-likeness (QED) is 0.0187. The molecular formula is C89H123N16O22P. The Labute approximate surface area is 765 Å². The number of methoxy groups -OCH3 is 5. The van der Waals surface area contributed by atoms with E-state index >= 15 is 0 Å². The second kappa shape index (κ2) is 49.3. The Morgan fingerprint density at radius 2 is 0.812 bits per heavy atom. The molecule has 39 heteroatoms. The van der Waals surface area contributed by atoms with Gasteiger partial charge in [-0.05, 0) is 120 Å². The molecule has 3 aromatic carbocycles. The number of nitrogens with zero attached hydrogens (tertiary/aromatic N) is 11. The summed E-state index contributed by atoms with van der Waals surface area (Å²) in [6, 6.07) is 34.4. The molecule has 5 aromatic heterocycles. The van der Waals surface area contributed by atoms with Gasteiger partial charge < -0.3 is 83.2 Å². The monoisotopic (exact) mass is 1810 g/mol. The molecule has 5 saturated heterocycles. The van der Waals surface area contributed by atoms with E-state index in [0.717, 1.165) is 13.7 Å². The van der Waals surface area contributed by atoms with Crippen LogP contribution in [0, 0.1) is 29.1 Å². The number of ether oxygens (including phenoxy) is 10. The number of benzene rings is 3. The Kier molecular flexibility index (Phi) is 31.5. The van der Waals surface area contributed by atoms with E-state index in [9.17, 15) is 48.3 Å². The number of hydrogen-bond acceptors (Lipinski definition) is 29. The fourth-order valence-electron chi connectivity index (χ4n) is 15.1. The van der Waals surface area contributed by atoms with Crippen LogP contribution >= 0.6 is 8.53 Å².